The Hall–Kier alpha value is 6.57. The number of carbonyl (C=O) groups excluding carboxylic acids is 8. The number of aliphatic hydroxyl groups is 10. The fourth-order valence-corrected chi connectivity index (χ4v) is 11.5. The molecule has 718 valence electrons. The zero-order valence-electron chi connectivity index (χ0n) is 72.6. The van der Waals surface area contributed by atoms with Crippen LogP contribution in [0.2, 0.25) is 0 Å². The fourth-order valence-electron chi connectivity index (χ4n) is 10.6. The van der Waals surface area contributed by atoms with Crippen LogP contribution in [0.15, 0.2) is 0 Å². The smallest absolute Gasteiger partial charge is 0.726 e. The normalized spacial score (nSPS) is 33.8. The van der Waals surface area contributed by atoms with Crippen LogP contribution < -0.4 is 325 Å². The van der Waals surface area contributed by atoms with E-state index in [1.54, 1.807) is 0 Å². The van der Waals surface area contributed by atoms with Gasteiger partial charge < -0.3 is 159 Å². The van der Waals surface area contributed by atoms with Crippen molar-refractivity contribution in [3.8, 4) is 0 Å². The van der Waals surface area contributed by atoms with Gasteiger partial charge in [0.15, 0.2) is 25.2 Å². The summed E-state index contributed by atoms with van der Waals surface area (Å²) in [4.78, 5) is 65.0. The minimum Gasteiger partial charge on any atom is -0.726 e. The maximum Gasteiger partial charge on any atom is 1.00 e. The first-order valence-corrected chi connectivity index (χ1v) is 41.7. The second-order valence-corrected chi connectivity index (χ2v) is 30.7. The number of aliphatic hydroxyl groups excluding tert-OH is 10. The Labute approximate surface area is 1000 Å². The van der Waals surface area contributed by atoms with Crippen LogP contribution in [0.1, 0.15) is 27.7 Å². The fraction of sp³-hybridized carbons (Fsp3) is 0.774. The van der Waals surface area contributed by atoms with E-state index < -0.39 is 295 Å². The van der Waals surface area contributed by atoms with Gasteiger partial charge in [-0.25, -0.2) is 84.6 Å². The summed E-state index contributed by atoms with van der Waals surface area (Å²) in [6, 6.07) is 0. The predicted molar refractivity (Wildman–Crippen MR) is 344 cm³/mol. The van der Waals surface area contributed by atoms with Crippen LogP contribution in [0.25, 0.3) is 0 Å². The number of methoxy groups -OCH3 is 1. The van der Waals surface area contributed by atoms with Gasteiger partial charge in [0.25, 0.3) is 0 Å². The van der Waals surface area contributed by atoms with Crippen LogP contribution in [0.4, 0.5) is 0 Å². The molecule has 80 heteroatoms. The van der Waals surface area contributed by atoms with E-state index in [1.165, 1.54) is 34.8 Å². The predicted octanol–water partition coefficient (Wildman–Crippen LogP) is -46.9. The summed E-state index contributed by atoms with van der Waals surface area (Å²) < 4.78 is 339. The number of rotatable bonds is 25. The Morgan fingerprint density at radius 2 is 0.481 bits per heavy atom. The first kappa shape index (κ1) is 165. The third-order valence-electron chi connectivity index (χ3n) is 15.7. The van der Waals surface area contributed by atoms with Crippen LogP contribution in [0.5, 0.6) is 0 Å². The van der Waals surface area contributed by atoms with Gasteiger partial charge in [0, 0.05) is 55.9 Å². The summed E-state index contributed by atoms with van der Waals surface area (Å²) in [7, 11) is -34.3. The topological polar surface area (TPSA) is 996 Å². The molecule has 0 spiro atoms. The minimum atomic E-state index is -5.40. The second-order valence-electron chi connectivity index (χ2n) is 24.1. The van der Waals surface area contributed by atoms with Crippen molar-refractivity contribution in [1.82, 2.24) is 0 Å². The van der Waals surface area contributed by atoms with Gasteiger partial charge in [-0.05, 0) is 24.4 Å². The molecular formula is C53H77Na11O62S7-4. The molecule has 8 aliphatic rings. The van der Waals surface area contributed by atoms with Crippen LogP contribution in [0, 0.1) is 75.8 Å². The average molecular weight is 2180 g/mol. The largest absolute Gasteiger partial charge is 1.00 e. The van der Waals surface area contributed by atoms with E-state index in [0.29, 0.717) is 0 Å². The summed E-state index contributed by atoms with van der Waals surface area (Å²) in [5, 5.41) is 109. The Morgan fingerprint density at radius 3 is 0.669 bits per heavy atom. The molecule has 32 atom stereocenters. The molecule has 0 aromatic heterocycles. The van der Waals surface area contributed by atoms with Crippen molar-refractivity contribution in [3.63, 3.8) is 0 Å². The van der Waals surface area contributed by atoms with Gasteiger partial charge >= 0.3 is 350 Å². The van der Waals surface area contributed by atoms with Crippen molar-refractivity contribution in [2.75, 3.05) is 33.5 Å². The molecule has 0 bridgehead atoms. The van der Waals surface area contributed by atoms with E-state index in [4.69, 9.17) is 184 Å². The van der Waals surface area contributed by atoms with Crippen LogP contribution >= 0.6 is 0 Å². The molecule has 8 aliphatic heterocycles. The molecule has 8 heterocycles. The summed E-state index contributed by atoms with van der Waals surface area (Å²) in [5.41, 5.74) is 0. The molecule has 0 radical (unpaired) electrons. The number of hydrogen-bond donors (Lipinski definition) is 14. The molecule has 0 aliphatic carbocycles. The number of ether oxygens (including phenoxy) is 16. The van der Waals surface area contributed by atoms with E-state index in [2.05, 4.69) is 12.5 Å². The van der Waals surface area contributed by atoms with Crippen LogP contribution in [0.3, 0.4) is 0 Å². The van der Waals surface area contributed by atoms with Gasteiger partial charge in [-0.2, -0.15) is 64.8 Å². The molecule has 14 N–H and O–H groups in total. The third-order valence-corrected chi connectivity index (χ3v) is 16.9. The summed E-state index contributed by atoms with van der Waals surface area (Å²) in [5.74, 6) is -3.93. The zero-order chi connectivity index (χ0) is 94.7. The molecule has 8 fully saturated rings. The molecule has 8 unspecified atom stereocenters. The van der Waals surface area contributed by atoms with E-state index in [0.717, 1.165) is 52.1 Å². The average Bonchev–Trinajstić information content (AvgIpc) is 0.794. The van der Waals surface area contributed by atoms with Crippen molar-refractivity contribution in [2.24, 2.45) is 23.7 Å². The molecule has 0 amide bonds. The second kappa shape index (κ2) is 81.3. The Bertz CT molecular complexity index is 3880. The first-order valence-electron chi connectivity index (χ1n) is 32.2. The van der Waals surface area contributed by atoms with Crippen LogP contribution in [-0.4, -0.2) is 391 Å². The van der Waals surface area contributed by atoms with Gasteiger partial charge in [0.05, 0.1) is 50.8 Å². The molecule has 133 heavy (non-hydrogen) atoms. The monoisotopic (exact) mass is 2180 g/mol. The minimum absolute atomic E-state index is 0. The Kier molecular flexibility index (Phi) is 101. The Balaban J connectivity index is -0.000000296. The third kappa shape index (κ3) is 72.7. The summed E-state index contributed by atoms with van der Waals surface area (Å²) >= 11 is 0. The quantitative estimate of drug-likeness (QED) is 0.0175. The molecule has 8 saturated heterocycles. The van der Waals surface area contributed by atoms with Gasteiger partial charge in [0.1, 0.15) is 48.8 Å². The molecule has 0 saturated carbocycles. The SMILES string of the molecule is CO[C@H]1OC(COS(=O)(=O)[O-])[C@@H](O[C@H]2[CH-][C@H](O)[C@H](O[C@@H]3OC(COS(=O)(=O)[O-])[C@@H](O[C@H]4[CH-][C@H](O)[C@H](O[C@@H]5OC(CO)[C@@H](O[C@H]6[CH-][C@H](O)[C@H](O[C@@H]7OC(COS(=O)(=O)[O-])[C@@H](O[C@H]8[CH-][C@H](O)[C@H](O)[CH-]O8)[C@H](O)C7C)[CH-]O6)[C@H](O)C5C)[CH-]O4)[C@H](O)C3C)[CH-]O2)[C@H](O)C1C.O=C=O.O=C=O.O=C=O.O=C=O.O=S(=O)([O-])O.O=S(=O)([O-])O.O=S(=O)([O-])O.O=S(=O)([O-])O.[Na+].[Na+].[Na+].[Na+].[Na+].[Na+].[Na+].[Na+].[Na+].[Na+].[Na+]. The number of hydrogen-bond acceptors (Lipinski definition) is 58. The van der Waals surface area contributed by atoms with E-state index in [1.807, 2.05) is 0 Å². The van der Waals surface area contributed by atoms with Crippen molar-refractivity contribution >= 4 is 97.4 Å². The zero-order valence-corrected chi connectivity index (χ0v) is 100. The van der Waals surface area contributed by atoms with E-state index in [9.17, 15) is 90.0 Å². The molecule has 8 rings (SSSR count). The van der Waals surface area contributed by atoms with Gasteiger partial charge in [-0.15, -0.1) is 0 Å². The van der Waals surface area contributed by atoms with E-state index >= 15 is 0 Å². The van der Waals surface area contributed by atoms with Gasteiger partial charge in [0.2, 0.25) is 72.8 Å². The van der Waals surface area contributed by atoms with Gasteiger partial charge in [-0.1, -0.05) is 52.1 Å². The van der Waals surface area contributed by atoms with Crippen LogP contribution in [-0.2, 0) is 199 Å². The first-order chi connectivity index (χ1) is 55.9. The maximum absolute atomic E-state index is 11.6. The standard InChI is InChI=1S/C49H76O38S3.4CO2.11Na.4H2O4S/c1-18-38(56)43(31(81-46(18)69-5)15-74-88(60,61)62)86-36-9-25(54)30(14-73-36)80-49-21(4)41(59)45(33(83-49)17-76-90(66,67)68)87-37-8-24(53)28(12-72-37)78-47-19(2)39(57)42(27(10-50)77-47)84-35-7-23(52)29(13-71-35)79-48-20(3)40(58)44(32(82-48)16-75-89(63,64)65)85-34-6-22(51)26(55)11-70-34;4*2-1-3;;;;;;;;;;;;4*1-5(2,3)4/h6-9,11-14,18-59H,10,15-17H2,1-5H3,(H,60,61,62)(H,63,64,65)(H,66,67,68);;;;;;;;;;;;;;;;4*(H2,1,2,3,4)/q-8;;;;;11*+1;;;;/p-7/t18?,19?,20?,21?,22-,23-,24-,25-,26+,27?,28+,29+,30+,31?,32?,33?,34-,35-,36-,37-,38+,39+,40+,41+,42+,43+,44+,45+,46-,47-,48+,49+;;;;;;;;;;;;;;;;;;;/m0.................../s1. The summed E-state index contributed by atoms with van der Waals surface area (Å²) in [6.07, 6.45) is -36.0. The molecular weight excluding hydrogens is 2110 g/mol. The summed E-state index contributed by atoms with van der Waals surface area (Å²) in [6.45, 7) is 5.83. The van der Waals surface area contributed by atoms with Crippen molar-refractivity contribution in [1.29, 1.82) is 0 Å². The van der Waals surface area contributed by atoms with Crippen molar-refractivity contribution in [2.45, 2.75) is 200 Å². The van der Waals surface area contributed by atoms with Crippen molar-refractivity contribution in [3.05, 3.63) is 52.1 Å². The Morgan fingerprint density at radius 1 is 0.301 bits per heavy atom. The molecule has 0 aromatic rings. The van der Waals surface area contributed by atoms with E-state index in [-0.39, 0.29) is 350 Å². The molecule has 0 aromatic carbocycles. The maximum atomic E-state index is 11.6. The van der Waals surface area contributed by atoms with Crippen molar-refractivity contribution < 1.29 is 612 Å². The molecule has 62 nitrogen and oxygen atoms in total. The van der Waals surface area contributed by atoms with Gasteiger partial charge in [-0.3, -0.25) is 30.8 Å².